The normalized spacial score (nSPS) is 19.3. The highest BCUT2D eigenvalue weighted by molar-refractivity contribution is 6.61. The van der Waals surface area contributed by atoms with E-state index in [9.17, 15) is 0 Å². The Morgan fingerprint density at radius 2 is 0.864 bits per heavy atom. The van der Waals surface area contributed by atoms with Crippen LogP contribution in [0.15, 0.2) is 60.7 Å². The van der Waals surface area contributed by atoms with Gasteiger partial charge in [-0.3, -0.25) is 0 Å². The van der Waals surface area contributed by atoms with Gasteiger partial charge in [0.15, 0.2) is 11.5 Å². The largest absolute Gasteiger partial charge is 0.448 e. The molecule has 0 bridgehead atoms. The molecular formula is C16H10Cl4O2. The molecule has 1 heterocycles. The third kappa shape index (κ3) is 2.89. The monoisotopic (exact) mass is 374 g/mol. The Balaban J connectivity index is 2.19. The van der Waals surface area contributed by atoms with Crippen LogP contribution in [0.5, 0.6) is 0 Å². The molecule has 0 atom stereocenters. The SMILES string of the molecule is ClC1(Cl)OC(c2ccccc2)=C(c2ccccc2)OC1(Cl)Cl. The highest BCUT2D eigenvalue weighted by Gasteiger charge is 2.57. The lowest BCUT2D eigenvalue weighted by Gasteiger charge is -2.39. The molecule has 3 rings (SSSR count). The van der Waals surface area contributed by atoms with Gasteiger partial charge in [-0.15, -0.1) is 0 Å². The maximum Gasteiger partial charge on any atom is 0.329 e. The number of hydrogen-bond acceptors (Lipinski definition) is 2. The van der Waals surface area contributed by atoms with Crippen LogP contribution in [0.25, 0.3) is 11.5 Å². The van der Waals surface area contributed by atoms with E-state index in [0.29, 0.717) is 11.5 Å². The molecule has 1 aliphatic heterocycles. The minimum Gasteiger partial charge on any atom is -0.448 e. The van der Waals surface area contributed by atoms with Crippen LogP contribution in [0.2, 0.25) is 0 Å². The van der Waals surface area contributed by atoms with Gasteiger partial charge in [-0.05, 0) is 0 Å². The number of benzene rings is 2. The molecule has 0 N–H and O–H groups in total. The highest BCUT2D eigenvalue weighted by atomic mass is 35.5. The molecule has 1 aliphatic rings. The van der Waals surface area contributed by atoms with E-state index in [2.05, 4.69) is 0 Å². The van der Waals surface area contributed by atoms with Gasteiger partial charge < -0.3 is 9.47 Å². The topological polar surface area (TPSA) is 18.5 Å². The molecule has 0 amide bonds. The maximum absolute atomic E-state index is 6.08. The Morgan fingerprint density at radius 1 is 0.545 bits per heavy atom. The van der Waals surface area contributed by atoms with Crippen LogP contribution in [-0.2, 0) is 9.47 Å². The van der Waals surface area contributed by atoms with Crippen molar-refractivity contribution in [2.75, 3.05) is 0 Å². The summed E-state index contributed by atoms with van der Waals surface area (Å²) in [7, 11) is 0. The lowest BCUT2D eigenvalue weighted by atomic mass is 10.1. The van der Waals surface area contributed by atoms with E-state index in [0.717, 1.165) is 11.1 Å². The Bertz CT molecular complexity index is 635. The molecule has 22 heavy (non-hydrogen) atoms. The van der Waals surface area contributed by atoms with E-state index in [1.54, 1.807) is 0 Å². The van der Waals surface area contributed by atoms with E-state index in [-0.39, 0.29) is 0 Å². The first-order chi connectivity index (χ1) is 10.4. The molecule has 0 saturated heterocycles. The van der Waals surface area contributed by atoms with Crippen LogP contribution in [0.1, 0.15) is 11.1 Å². The Kier molecular flexibility index (Phi) is 4.21. The minimum absolute atomic E-state index is 0.369. The summed E-state index contributed by atoms with van der Waals surface area (Å²) in [6.07, 6.45) is 0. The number of ether oxygens (including phenoxy) is 2. The lowest BCUT2D eigenvalue weighted by Crippen LogP contribution is -2.43. The zero-order chi connectivity index (χ0) is 15.8. The maximum atomic E-state index is 6.08. The molecule has 0 fully saturated rings. The van der Waals surface area contributed by atoms with Crippen molar-refractivity contribution >= 4 is 57.9 Å². The van der Waals surface area contributed by atoms with Crippen LogP contribution in [-0.4, -0.2) is 9.04 Å². The second kappa shape index (κ2) is 5.86. The number of hydrogen-bond donors (Lipinski definition) is 0. The third-order valence-corrected chi connectivity index (χ3v) is 4.84. The number of alkyl halides is 4. The van der Waals surface area contributed by atoms with Gasteiger partial charge in [0.25, 0.3) is 0 Å². The molecule has 0 unspecified atom stereocenters. The summed E-state index contributed by atoms with van der Waals surface area (Å²) < 4.78 is 7.44. The summed E-state index contributed by atoms with van der Waals surface area (Å²) in [6, 6.07) is 18.6. The molecule has 6 heteroatoms. The van der Waals surface area contributed by atoms with Gasteiger partial charge >= 0.3 is 9.04 Å². The van der Waals surface area contributed by atoms with E-state index in [4.69, 9.17) is 55.9 Å². The summed E-state index contributed by atoms with van der Waals surface area (Å²) in [5.41, 5.74) is 1.49. The highest BCUT2D eigenvalue weighted by Crippen LogP contribution is 2.53. The fraction of sp³-hybridized carbons (Fsp3) is 0.125. The van der Waals surface area contributed by atoms with Crippen molar-refractivity contribution in [1.29, 1.82) is 0 Å². The fourth-order valence-electron chi connectivity index (χ4n) is 2.03. The van der Waals surface area contributed by atoms with Gasteiger partial charge in [0.05, 0.1) is 0 Å². The van der Waals surface area contributed by atoms with Gasteiger partial charge in [0, 0.05) is 11.1 Å². The van der Waals surface area contributed by atoms with Gasteiger partial charge in [-0.2, -0.15) is 0 Å². The van der Waals surface area contributed by atoms with Gasteiger partial charge in [-0.1, -0.05) is 107 Å². The predicted octanol–water partition coefficient (Wildman–Crippen LogP) is 5.82. The fourth-order valence-corrected chi connectivity index (χ4v) is 2.49. The van der Waals surface area contributed by atoms with Crippen LogP contribution >= 0.6 is 46.4 Å². The van der Waals surface area contributed by atoms with E-state index >= 15 is 0 Å². The molecule has 0 spiro atoms. The molecule has 0 radical (unpaired) electrons. The predicted molar refractivity (Wildman–Crippen MR) is 90.7 cm³/mol. The number of halogens is 4. The number of rotatable bonds is 2. The first-order valence-electron chi connectivity index (χ1n) is 6.39. The molecule has 0 aliphatic carbocycles. The van der Waals surface area contributed by atoms with Crippen molar-refractivity contribution in [1.82, 2.24) is 0 Å². The summed E-state index contributed by atoms with van der Waals surface area (Å²) >= 11 is 24.3. The standard InChI is InChI=1S/C16H10Cl4O2/c17-15(18)16(19,20)22-14(12-9-5-2-6-10-12)13(21-15)11-7-3-1-4-8-11/h1-10H. The lowest BCUT2D eigenvalue weighted by molar-refractivity contribution is 0.0367. The summed E-state index contributed by atoms with van der Waals surface area (Å²) in [4.78, 5) is 0. The van der Waals surface area contributed by atoms with Crippen molar-refractivity contribution in [2.24, 2.45) is 0 Å². The van der Waals surface area contributed by atoms with Crippen LogP contribution in [0.3, 0.4) is 0 Å². The molecule has 0 saturated carbocycles. The molecule has 2 nitrogen and oxygen atoms in total. The van der Waals surface area contributed by atoms with E-state index in [1.165, 1.54) is 0 Å². The second-order valence-electron chi connectivity index (χ2n) is 4.63. The van der Waals surface area contributed by atoms with E-state index in [1.807, 2.05) is 60.7 Å². The minimum atomic E-state index is -1.94. The van der Waals surface area contributed by atoms with Crippen LogP contribution < -0.4 is 0 Å². The van der Waals surface area contributed by atoms with Crippen molar-refractivity contribution in [2.45, 2.75) is 9.04 Å². The van der Waals surface area contributed by atoms with Gasteiger partial charge in [0.2, 0.25) is 0 Å². The van der Waals surface area contributed by atoms with E-state index < -0.39 is 9.04 Å². The van der Waals surface area contributed by atoms with Crippen molar-refractivity contribution < 1.29 is 9.47 Å². The second-order valence-corrected chi connectivity index (χ2v) is 7.14. The van der Waals surface area contributed by atoms with Crippen molar-refractivity contribution in [3.8, 4) is 0 Å². The van der Waals surface area contributed by atoms with Gasteiger partial charge in [0.1, 0.15) is 0 Å². The van der Waals surface area contributed by atoms with Crippen LogP contribution in [0, 0.1) is 0 Å². The smallest absolute Gasteiger partial charge is 0.329 e. The molecule has 2 aromatic rings. The molecular weight excluding hydrogens is 366 g/mol. The molecule has 0 aromatic heterocycles. The average Bonchev–Trinajstić information content (AvgIpc) is 2.51. The van der Waals surface area contributed by atoms with Crippen molar-refractivity contribution in [3.05, 3.63) is 71.8 Å². The third-order valence-electron chi connectivity index (χ3n) is 3.08. The molecule has 114 valence electrons. The Morgan fingerprint density at radius 3 is 1.18 bits per heavy atom. The average molecular weight is 376 g/mol. The van der Waals surface area contributed by atoms with Gasteiger partial charge in [-0.25, -0.2) is 0 Å². The zero-order valence-corrected chi connectivity index (χ0v) is 14.1. The summed E-state index contributed by atoms with van der Waals surface area (Å²) in [5.74, 6) is 0.738. The molecule has 2 aromatic carbocycles. The Labute approximate surface area is 148 Å². The summed E-state index contributed by atoms with van der Waals surface area (Å²) in [6.45, 7) is 0. The Hall–Kier alpha value is -1.06. The first kappa shape index (κ1) is 15.8. The van der Waals surface area contributed by atoms with Crippen molar-refractivity contribution in [3.63, 3.8) is 0 Å². The summed E-state index contributed by atoms with van der Waals surface area (Å²) in [5, 5.41) is 0. The first-order valence-corrected chi connectivity index (χ1v) is 7.91. The quantitative estimate of drug-likeness (QED) is 0.615. The zero-order valence-electron chi connectivity index (χ0n) is 11.1. The van der Waals surface area contributed by atoms with Crippen LogP contribution in [0.4, 0.5) is 0 Å².